The zero-order valence-electron chi connectivity index (χ0n) is 8.58. The Morgan fingerprint density at radius 2 is 2.07 bits per heavy atom. The fraction of sp³-hybridized carbons (Fsp3) is 0.455. The third-order valence-corrected chi connectivity index (χ3v) is 2.92. The summed E-state index contributed by atoms with van der Waals surface area (Å²) in [7, 11) is 1.68. The minimum absolute atomic E-state index is 0.306. The molecule has 1 fully saturated rings. The van der Waals surface area contributed by atoms with Crippen molar-refractivity contribution in [2.24, 2.45) is 0 Å². The van der Waals surface area contributed by atoms with Gasteiger partial charge in [0.05, 0.1) is 7.11 Å². The van der Waals surface area contributed by atoms with E-state index in [1.165, 1.54) is 0 Å². The normalized spacial score (nSPS) is 22.3. The molecular formula is C11H13NO3. The van der Waals surface area contributed by atoms with E-state index in [9.17, 15) is 0 Å². The summed E-state index contributed by atoms with van der Waals surface area (Å²) in [6.07, 6.45) is 1.15. The summed E-state index contributed by atoms with van der Waals surface area (Å²) in [5, 5.41) is 3.35. The lowest BCUT2D eigenvalue weighted by Crippen LogP contribution is -2.35. The molecule has 2 aliphatic rings. The third kappa shape index (κ3) is 1.33. The molecule has 0 amide bonds. The van der Waals surface area contributed by atoms with Gasteiger partial charge in [-0.2, -0.15) is 0 Å². The summed E-state index contributed by atoms with van der Waals surface area (Å²) in [4.78, 5) is 0. The van der Waals surface area contributed by atoms with E-state index in [-0.39, 0.29) is 0 Å². The second-order valence-corrected chi connectivity index (χ2v) is 3.74. The molecule has 1 atom stereocenters. The third-order valence-electron chi connectivity index (χ3n) is 2.92. The van der Waals surface area contributed by atoms with Crippen LogP contribution < -0.4 is 19.5 Å². The average molecular weight is 207 g/mol. The number of rotatable bonds is 2. The van der Waals surface area contributed by atoms with Crippen LogP contribution in [0.25, 0.3) is 0 Å². The average Bonchev–Trinajstić information content (AvgIpc) is 2.60. The predicted octanol–water partition coefficient (Wildman–Crippen LogP) is 1.46. The molecule has 2 aliphatic heterocycles. The summed E-state index contributed by atoms with van der Waals surface area (Å²) in [5.41, 5.74) is 1.16. The fourth-order valence-electron chi connectivity index (χ4n) is 1.94. The van der Waals surface area contributed by atoms with E-state index >= 15 is 0 Å². The number of ether oxygens (including phenoxy) is 3. The number of hydrogen-bond acceptors (Lipinski definition) is 4. The van der Waals surface area contributed by atoms with Crippen molar-refractivity contribution in [2.45, 2.75) is 12.5 Å². The minimum Gasteiger partial charge on any atom is -0.496 e. The number of benzene rings is 1. The van der Waals surface area contributed by atoms with Gasteiger partial charge in [0.15, 0.2) is 11.5 Å². The van der Waals surface area contributed by atoms with E-state index in [1.54, 1.807) is 7.11 Å². The van der Waals surface area contributed by atoms with Crippen LogP contribution in [0, 0.1) is 0 Å². The van der Waals surface area contributed by atoms with Gasteiger partial charge in [-0.1, -0.05) is 0 Å². The highest BCUT2D eigenvalue weighted by atomic mass is 16.7. The summed E-state index contributed by atoms with van der Waals surface area (Å²) in [6, 6.07) is 4.31. The van der Waals surface area contributed by atoms with Gasteiger partial charge in [-0.05, 0) is 19.0 Å². The van der Waals surface area contributed by atoms with Crippen molar-refractivity contribution < 1.29 is 14.2 Å². The molecular weight excluding hydrogens is 194 g/mol. The van der Waals surface area contributed by atoms with Crippen LogP contribution in [0.1, 0.15) is 18.0 Å². The van der Waals surface area contributed by atoms with Gasteiger partial charge < -0.3 is 19.5 Å². The Hall–Kier alpha value is -1.42. The molecule has 1 aromatic rings. The molecule has 0 bridgehead atoms. The van der Waals surface area contributed by atoms with Gasteiger partial charge in [-0.3, -0.25) is 0 Å². The smallest absolute Gasteiger partial charge is 0.231 e. The summed E-state index contributed by atoms with van der Waals surface area (Å²) in [6.45, 7) is 1.38. The van der Waals surface area contributed by atoms with Crippen molar-refractivity contribution in [2.75, 3.05) is 20.4 Å². The monoisotopic (exact) mass is 207 g/mol. The van der Waals surface area contributed by atoms with Crippen molar-refractivity contribution in [3.05, 3.63) is 17.7 Å². The largest absolute Gasteiger partial charge is 0.496 e. The molecule has 0 aromatic heterocycles. The molecule has 0 saturated carbocycles. The fourth-order valence-corrected chi connectivity index (χ4v) is 1.94. The predicted molar refractivity (Wildman–Crippen MR) is 54.5 cm³/mol. The molecule has 1 aromatic carbocycles. The number of fused-ring (bicyclic) bond motifs is 1. The molecule has 0 spiro atoms. The molecule has 15 heavy (non-hydrogen) atoms. The van der Waals surface area contributed by atoms with E-state index in [0.717, 1.165) is 35.8 Å². The molecule has 4 heteroatoms. The molecule has 1 unspecified atom stereocenters. The molecule has 1 saturated heterocycles. The van der Waals surface area contributed by atoms with Crippen LogP contribution in [0.2, 0.25) is 0 Å². The van der Waals surface area contributed by atoms with Crippen molar-refractivity contribution in [3.8, 4) is 17.2 Å². The van der Waals surface area contributed by atoms with Gasteiger partial charge in [0.1, 0.15) is 5.75 Å². The van der Waals surface area contributed by atoms with Gasteiger partial charge in [0, 0.05) is 17.7 Å². The molecule has 4 nitrogen and oxygen atoms in total. The zero-order valence-corrected chi connectivity index (χ0v) is 8.58. The Morgan fingerprint density at radius 3 is 2.67 bits per heavy atom. The van der Waals surface area contributed by atoms with Gasteiger partial charge in [0.2, 0.25) is 6.79 Å². The summed E-state index contributed by atoms with van der Waals surface area (Å²) < 4.78 is 16.0. The molecule has 3 rings (SSSR count). The lowest BCUT2D eigenvalue weighted by molar-refractivity contribution is 0.173. The van der Waals surface area contributed by atoms with E-state index in [0.29, 0.717) is 12.8 Å². The van der Waals surface area contributed by atoms with E-state index in [4.69, 9.17) is 14.2 Å². The Labute approximate surface area is 88.1 Å². The van der Waals surface area contributed by atoms with Crippen molar-refractivity contribution >= 4 is 0 Å². The highest BCUT2D eigenvalue weighted by Gasteiger charge is 2.26. The van der Waals surface area contributed by atoms with Crippen LogP contribution in [0.3, 0.4) is 0 Å². The standard InChI is InChI=1S/C11H13NO3/c1-13-9-5-11-10(14-6-15-11)4-7(9)8-2-3-12-8/h4-5,8,12H,2-3,6H2,1H3. The van der Waals surface area contributed by atoms with E-state index < -0.39 is 0 Å². The number of methoxy groups -OCH3 is 1. The van der Waals surface area contributed by atoms with E-state index in [1.807, 2.05) is 12.1 Å². The lowest BCUT2D eigenvalue weighted by Gasteiger charge is -2.29. The Morgan fingerprint density at radius 1 is 1.33 bits per heavy atom. The summed E-state index contributed by atoms with van der Waals surface area (Å²) in [5.74, 6) is 2.46. The maximum absolute atomic E-state index is 5.35. The highest BCUT2D eigenvalue weighted by molar-refractivity contribution is 5.53. The Bertz CT molecular complexity index is 388. The van der Waals surface area contributed by atoms with Crippen LogP contribution in [0.15, 0.2) is 12.1 Å². The summed E-state index contributed by atoms with van der Waals surface area (Å²) >= 11 is 0. The first kappa shape index (κ1) is 8.85. The van der Waals surface area contributed by atoms with Crippen LogP contribution in [-0.4, -0.2) is 20.4 Å². The molecule has 80 valence electrons. The topological polar surface area (TPSA) is 39.7 Å². The highest BCUT2D eigenvalue weighted by Crippen LogP contribution is 2.41. The van der Waals surface area contributed by atoms with Crippen molar-refractivity contribution in [1.82, 2.24) is 5.32 Å². The zero-order chi connectivity index (χ0) is 10.3. The van der Waals surface area contributed by atoms with Crippen molar-refractivity contribution in [3.63, 3.8) is 0 Å². The minimum atomic E-state index is 0.306. The maximum Gasteiger partial charge on any atom is 0.231 e. The number of nitrogens with one attached hydrogen (secondary N) is 1. The van der Waals surface area contributed by atoms with Gasteiger partial charge in [-0.25, -0.2) is 0 Å². The quantitative estimate of drug-likeness (QED) is 0.797. The van der Waals surface area contributed by atoms with Crippen LogP contribution in [-0.2, 0) is 0 Å². The van der Waals surface area contributed by atoms with Gasteiger partial charge in [-0.15, -0.1) is 0 Å². The van der Waals surface area contributed by atoms with E-state index in [2.05, 4.69) is 5.32 Å². The van der Waals surface area contributed by atoms with Crippen molar-refractivity contribution in [1.29, 1.82) is 0 Å². The second kappa shape index (κ2) is 3.31. The second-order valence-electron chi connectivity index (χ2n) is 3.74. The first-order valence-electron chi connectivity index (χ1n) is 5.09. The maximum atomic E-state index is 5.35. The van der Waals surface area contributed by atoms with Gasteiger partial charge in [0.25, 0.3) is 0 Å². The Kier molecular flexibility index (Phi) is 1.95. The molecule has 2 heterocycles. The lowest BCUT2D eigenvalue weighted by atomic mass is 9.96. The Balaban J connectivity index is 2.03. The molecule has 1 N–H and O–H groups in total. The number of hydrogen-bond donors (Lipinski definition) is 1. The van der Waals surface area contributed by atoms with Crippen LogP contribution in [0.5, 0.6) is 17.2 Å². The molecule has 0 radical (unpaired) electrons. The van der Waals surface area contributed by atoms with Gasteiger partial charge >= 0.3 is 0 Å². The SMILES string of the molecule is COc1cc2c(cc1C1CCN1)OCO2. The van der Waals surface area contributed by atoms with Crippen LogP contribution in [0.4, 0.5) is 0 Å². The first-order chi connectivity index (χ1) is 7.38. The molecule has 0 aliphatic carbocycles. The first-order valence-corrected chi connectivity index (χ1v) is 5.09. The van der Waals surface area contributed by atoms with Crippen LogP contribution >= 0.6 is 0 Å².